The molecule has 9 N–H and O–H groups in total. The van der Waals surface area contributed by atoms with Crippen molar-refractivity contribution in [3.05, 3.63) is 170 Å². The van der Waals surface area contributed by atoms with Gasteiger partial charge in [-0.2, -0.15) is 0 Å². The number of allylic oxidation sites excluding steroid dienone is 27. The Bertz CT molecular complexity index is 2170. The molecule has 2 rings (SSSR count). The Balaban J connectivity index is 1.72. The van der Waals surface area contributed by atoms with E-state index in [4.69, 9.17) is 18.9 Å². The third kappa shape index (κ3) is 41.8. The van der Waals surface area contributed by atoms with Gasteiger partial charge in [0.15, 0.2) is 12.6 Å². The van der Waals surface area contributed by atoms with E-state index in [2.05, 4.69) is 177 Å². The topological polar surface area (TPSA) is 228 Å². The minimum absolute atomic E-state index is 0.218. The molecule has 0 aliphatic carbocycles. The van der Waals surface area contributed by atoms with Crippen molar-refractivity contribution in [1.29, 1.82) is 0 Å². The predicted octanol–water partition coefficient (Wildman–Crippen LogP) is 14.0. The average molecular weight is 1260 g/mol. The molecule has 1 amide bonds. The zero-order valence-electron chi connectivity index (χ0n) is 55.0. The molecule has 0 spiro atoms. The number of carbonyl (C=O) groups excluding carboxylic acids is 1. The number of hydrogen-bond donors (Lipinski definition) is 9. The quantitative estimate of drug-likeness (QED) is 0.0204. The lowest BCUT2D eigenvalue weighted by molar-refractivity contribution is -0.359. The monoisotopic (exact) mass is 1260 g/mol. The zero-order valence-corrected chi connectivity index (χ0v) is 55.0. The minimum atomic E-state index is -1.81. The van der Waals surface area contributed by atoms with Crippen LogP contribution in [-0.4, -0.2) is 140 Å². The fourth-order valence-corrected chi connectivity index (χ4v) is 9.91. The van der Waals surface area contributed by atoms with E-state index in [-0.39, 0.29) is 18.9 Å². The average Bonchev–Trinajstić information content (AvgIpc) is 1.58. The second-order valence-electron chi connectivity index (χ2n) is 23.2. The predicted molar refractivity (Wildman–Crippen MR) is 368 cm³/mol. The van der Waals surface area contributed by atoms with Gasteiger partial charge in [0, 0.05) is 6.42 Å². The molecule has 2 aliphatic rings. The van der Waals surface area contributed by atoms with Crippen molar-refractivity contribution >= 4 is 5.91 Å². The number of aliphatic hydroxyl groups is 8. The van der Waals surface area contributed by atoms with Crippen LogP contribution in [0.4, 0.5) is 0 Å². The molecule has 2 saturated heterocycles. The second kappa shape index (κ2) is 58.2. The number of unbranched alkanes of at least 4 members (excludes halogenated alkanes) is 14. The molecule has 90 heavy (non-hydrogen) atoms. The lowest BCUT2D eigenvalue weighted by atomic mass is 9.97. The summed E-state index contributed by atoms with van der Waals surface area (Å²) in [5.74, 6) is -0.293. The molecular weight excluding hydrogens is 1130 g/mol. The van der Waals surface area contributed by atoms with Crippen LogP contribution in [0.1, 0.15) is 206 Å². The number of amides is 1. The van der Waals surface area contributed by atoms with Crippen LogP contribution in [0, 0.1) is 0 Å². The van der Waals surface area contributed by atoms with Gasteiger partial charge in [-0.15, -0.1) is 0 Å². The fourth-order valence-electron chi connectivity index (χ4n) is 9.91. The maximum Gasteiger partial charge on any atom is 0.220 e. The Hall–Kier alpha value is -4.65. The summed E-state index contributed by atoms with van der Waals surface area (Å²) in [6.45, 7) is 2.62. The van der Waals surface area contributed by atoms with Gasteiger partial charge in [0.2, 0.25) is 5.91 Å². The molecule has 0 aromatic carbocycles. The molecule has 12 unspecified atom stereocenters. The molecule has 0 saturated carbocycles. The molecule has 2 aliphatic heterocycles. The first kappa shape index (κ1) is 81.4. The van der Waals surface area contributed by atoms with Gasteiger partial charge in [-0.1, -0.05) is 242 Å². The fraction of sp³-hybridized carbons (Fsp3) is 0.618. The van der Waals surface area contributed by atoms with Crippen molar-refractivity contribution in [2.45, 2.75) is 280 Å². The summed E-state index contributed by atoms with van der Waals surface area (Å²) in [5, 5.41) is 87.3. The first-order valence-electron chi connectivity index (χ1n) is 34.4. The zero-order chi connectivity index (χ0) is 65.2. The standard InChI is InChI=1S/C76H121NO13/c1-3-5-7-9-11-13-15-17-19-21-23-24-25-26-27-28-29-30-31-32-33-34-35-36-37-38-39-40-42-44-46-48-50-52-54-56-58-60-68(81)77-64(65(80)59-57-55-53-51-49-47-45-43-41-22-20-18-16-14-12-10-8-6-4-2)63-87-75-73(86)71(84)74(67(62-79)89-75)90-76-72(85)70(83)69(82)66(61-78)88-76/h5,7,11,13,17,19,23-24,26-27,29-30,32-33,35-36,38-39,41-44,48-51,57,59,64-67,69-76,78-80,82-86H,3-4,6,8-10,12,14-16,18,20-22,25,28,31,34,37,40,45-47,52-56,58,60-63H2,1-2H3,(H,77,81)/b7-5-,13-11-,19-17-,24-23-,27-26-,30-29-,33-32-,36-35-,39-38-,43-41+,44-42-,50-48-,51-49+,59-57+. The van der Waals surface area contributed by atoms with Crippen molar-refractivity contribution < 1.29 is 64.6 Å². The van der Waals surface area contributed by atoms with E-state index in [1.807, 2.05) is 6.08 Å². The van der Waals surface area contributed by atoms with Crippen molar-refractivity contribution in [2.24, 2.45) is 0 Å². The van der Waals surface area contributed by atoms with E-state index < -0.39 is 86.8 Å². The van der Waals surface area contributed by atoms with Gasteiger partial charge in [0.25, 0.3) is 0 Å². The highest BCUT2D eigenvalue weighted by Gasteiger charge is 2.51. The normalized spacial score (nSPS) is 24.0. The van der Waals surface area contributed by atoms with Crippen LogP contribution < -0.4 is 5.32 Å². The maximum atomic E-state index is 13.3. The van der Waals surface area contributed by atoms with Crippen LogP contribution in [0.25, 0.3) is 0 Å². The Kier molecular flexibility index (Phi) is 52.7. The van der Waals surface area contributed by atoms with E-state index in [1.165, 1.54) is 57.8 Å². The number of aliphatic hydroxyl groups excluding tert-OH is 8. The Morgan fingerprint density at radius 3 is 1.22 bits per heavy atom. The van der Waals surface area contributed by atoms with Crippen LogP contribution in [0.5, 0.6) is 0 Å². The van der Waals surface area contributed by atoms with E-state index >= 15 is 0 Å². The van der Waals surface area contributed by atoms with Crippen LogP contribution in [0.3, 0.4) is 0 Å². The van der Waals surface area contributed by atoms with Gasteiger partial charge >= 0.3 is 0 Å². The van der Waals surface area contributed by atoms with Gasteiger partial charge in [-0.3, -0.25) is 4.79 Å². The highest BCUT2D eigenvalue weighted by atomic mass is 16.7. The van der Waals surface area contributed by atoms with Crippen molar-refractivity contribution in [1.82, 2.24) is 5.32 Å². The minimum Gasteiger partial charge on any atom is -0.394 e. The van der Waals surface area contributed by atoms with E-state index in [1.54, 1.807) is 6.08 Å². The third-order valence-corrected chi connectivity index (χ3v) is 15.4. The largest absolute Gasteiger partial charge is 0.394 e. The van der Waals surface area contributed by atoms with Crippen molar-refractivity contribution in [2.75, 3.05) is 19.8 Å². The lowest BCUT2D eigenvalue weighted by Crippen LogP contribution is -2.65. The van der Waals surface area contributed by atoms with Crippen molar-refractivity contribution in [3.8, 4) is 0 Å². The number of ether oxygens (including phenoxy) is 4. The number of carbonyl (C=O) groups is 1. The van der Waals surface area contributed by atoms with E-state index in [0.29, 0.717) is 12.8 Å². The third-order valence-electron chi connectivity index (χ3n) is 15.4. The first-order chi connectivity index (χ1) is 44.1. The molecule has 0 aromatic rings. The second-order valence-corrected chi connectivity index (χ2v) is 23.2. The molecule has 508 valence electrons. The van der Waals surface area contributed by atoms with Gasteiger partial charge in [-0.25, -0.2) is 0 Å². The Morgan fingerprint density at radius 1 is 0.411 bits per heavy atom. The van der Waals surface area contributed by atoms with Gasteiger partial charge < -0.3 is 65.1 Å². The van der Waals surface area contributed by atoms with E-state index in [9.17, 15) is 45.6 Å². The Labute approximate surface area is 543 Å². The van der Waals surface area contributed by atoms with E-state index in [0.717, 1.165) is 116 Å². The van der Waals surface area contributed by atoms with Crippen LogP contribution >= 0.6 is 0 Å². The molecule has 0 aromatic heterocycles. The summed E-state index contributed by atoms with van der Waals surface area (Å²) in [5.41, 5.74) is 0. The molecule has 0 bridgehead atoms. The number of hydrogen-bond acceptors (Lipinski definition) is 13. The van der Waals surface area contributed by atoms with Gasteiger partial charge in [0.1, 0.15) is 48.8 Å². The number of nitrogens with one attached hydrogen (secondary N) is 1. The summed E-state index contributed by atoms with van der Waals surface area (Å²) in [6.07, 6.45) is 74.0. The highest BCUT2D eigenvalue weighted by Crippen LogP contribution is 2.30. The van der Waals surface area contributed by atoms with Crippen LogP contribution in [0.2, 0.25) is 0 Å². The summed E-state index contributed by atoms with van der Waals surface area (Å²) in [6, 6.07) is -0.970. The lowest BCUT2D eigenvalue weighted by Gasteiger charge is -2.46. The van der Waals surface area contributed by atoms with Gasteiger partial charge in [-0.05, 0) is 128 Å². The van der Waals surface area contributed by atoms with Crippen molar-refractivity contribution in [3.63, 3.8) is 0 Å². The summed E-state index contributed by atoms with van der Waals surface area (Å²) < 4.78 is 22.8. The Morgan fingerprint density at radius 2 is 0.778 bits per heavy atom. The molecule has 2 fully saturated rings. The smallest absolute Gasteiger partial charge is 0.220 e. The molecule has 2 heterocycles. The number of rotatable bonds is 53. The highest BCUT2D eigenvalue weighted by molar-refractivity contribution is 5.76. The molecular formula is C76H121NO13. The first-order valence-corrected chi connectivity index (χ1v) is 34.4. The van der Waals surface area contributed by atoms with Gasteiger partial charge in [0.05, 0.1) is 32.0 Å². The SMILES string of the molecule is CC/C=C\C/C=C\C/C=C\C/C=C\C/C=C\C/C=C\C/C=C\C/C=C\C/C=C\C/C=C\C/C=C\CCCCCC(=O)NC(COC1OC(CO)C(OC2OC(CO)C(O)C(O)C2O)C(O)C1O)C(O)/C=C/CC/C=C/CC/C=C/CCCCCCCCCCC. The van der Waals surface area contributed by atoms with Crippen LogP contribution in [-0.2, 0) is 23.7 Å². The molecule has 14 nitrogen and oxygen atoms in total. The van der Waals surface area contributed by atoms with Crippen LogP contribution in [0.15, 0.2) is 170 Å². The summed E-state index contributed by atoms with van der Waals surface area (Å²) in [7, 11) is 0. The molecule has 0 radical (unpaired) electrons. The maximum absolute atomic E-state index is 13.3. The molecule has 14 heteroatoms. The summed E-state index contributed by atoms with van der Waals surface area (Å²) in [4.78, 5) is 13.3. The summed E-state index contributed by atoms with van der Waals surface area (Å²) >= 11 is 0. The molecule has 12 atom stereocenters.